The van der Waals surface area contributed by atoms with Gasteiger partial charge in [-0.25, -0.2) is 0 Å². The Morgan fingerprint density at radius 1 is 1.14 bits per heavy atom. The van der Waals surface area contributed by atoms with Crippen LogP contribution in [0.15, 0.2) is 24.3 Å². The van der Waals surface area contributed by atoms with Crippen molar-refractivity contribution in [1.29, 1.82) is 0 Å². The van der Waals surface area contributed by atoms with Gasteiger partial charge in [-0.05, 0) is 46.2 Å². The summed E-state index contributed by atoms with van der Waals surface area (Å²) >= 11 is 0. The lowest BCUT2D eigenvalue weighted by Gasteiger charge is -2.41. The van der Waals surface area contributed by atoms with E-state index in [9.17, 15) is 14.4 Å². The van der Waals surface area contributed by atoms with Crippen LogP contribution in [-0.2, 0) is 19.0 Å². The fraction of sp³-hybridized carbons (Fsp3) is 0.571. The average Bonchev–Trinajstić information content (AvgIpc) is 2.82. The fourth-order valence-electron chi connectivity index (χ4n) is 3.73. The van der Waals surface area contributed by atoms with Crippen LogP contribution in [0.3, 0.4) is 0 Å². The SMILES string of the molecule is CC(C)OC(=O)CC1C[C@@H](CCN2C(=O)c3ccccc3C2=O)OC(C)(C)O1. The summed E-state index contributed by atoms with van der Waals surface area (Å²) in [5.74, 6) is -1.71. The maximum atomic E-state index is 12.5. The van der Waals surface area contributed by atoms with Crippen LogP contribution in [0, 0.1) is 0 Å². The second kappa shape index (κ2) is 8.01. The molecule has 0 saturated carbocycles. The molecule has 2 aliphatic heterocycles. The van der Waals surface area contributed by atoms with E-state index in [4.69, 9.17) is 14.2 Å². The van der Waals surface area contributed by atoms with Crippen molar-refractivity contribution in [2.75, 3.05) is 6.54 Å². The van der Waals surface area contributed by atoms with Gasteiger partial charge in [-0.1, -0.05) is 12.1 Å². The number of imide groups is 1. The van der Waals surface area contributed by atoms with Crippen LogP contribution in [0.2, 0.25) is 0 Å². The molecule has 7 nitrogen and oxygen atoms in total. The van der Waals surface area contributed by atoms with Crippen molar-refractivity contribution in [2.24, 2.45) is 0 Å². The summed E-state index contributed by atoms with van der Waals surface area (Å²) in [4.78, 5) is 38.2. The Morgan fingerprint density at radius 3 is 2.29 bits per heavy atom. The molecule has 0 aromatic heterocycles. The smallest absolute Gasteiger partial charge is 0.308 e. The summed E-state index contributed by atoms with van der Waals surface area (Å²) in [7, 11) is 0. The van der Waals surface area contributed by atoms with Gasteiger partial charge in [0.25, 0.3) is 11.8 Å². The molecule has 0 spiro atoms. The molecule has 1 fully saturated rings. The van der Waals surface area contributed by atoms with Gasteiger partial charge in [0.15, 0.2) is 5.79 Å². The molecular formula is C21H27NO6. The third kappa shape index (κ3) is 4.59. The van der Waals surface area contributed by atoms with Crippen molar-refractivity contribution in [3.8, 4) is 0 Å². The molecule has 1 unspecified atom stereocenters. The highest BCUT2D eigenvalue weighted by Gasteiger charge is 2.39. The summed E-state index contributed by atoms with van der Waals surface area (Å²) in [5, 5.41) is 0. The van der Waals surface area contributed by atoms with Crippen molar-refractivity contribution in [1.82, 2.24) is 4.90 Å². The number of carbonyl (C=O) groups is 3. The van der Waals surface area contributed by atoms with Crippen LogP contribution < -0.4 is 0 Å². The number of nitrogens with zero attached hydrogens (tertiary/aromatic N) is 1. The first kappa shape index (κ1) is 20.5. The van der Waals surface area contributed by atoms with Gasteiger partial charge in [0.1, 0.15) is 0 Å². The van der Waals surface area contributed by atoms with Crippen LogP contribution in [0.1, 0.15) is 67.7 Å². The molecule has 0 bridgehead atoms. The topological polar surface area (TPSA) is 82.1 Å². The minimum absolute atomic E-state index is 0.147. The number of amides is 2. The van der Waals surface area contributed by atoms with E-state index in [-0.39, 0.29) is 49.1 Å². The molecule has 0 aliphatic carbocycles. The number of ether oxygens (including phenoxy) is 3. The summed E-state index contributed by atoms with van der Waals surface area (Å²) in [6.45, 7) is 7.45. The molecule has 0 radical (unpaired) electrons. The average molecular weight is 389 g/mol. The number of benzene rings is 1. The largest absolute Gasteiger partial charge is 0.463 e. The van der Waals surface area contributed by atoms with E-state index in [1.807, 2.05) is 0 Å². The van der Waals surface area contributed by atoms with Crippen molar-refractivity contribution in [3.05, 3.63) is 35.4 Å². The van der Waals surface area contributed by atoms with E-state index in [1.165, 1.54) is 4.90 Å². The normalized spacial score (nSPS) is 23.8. The Labute approximate surface area is 164 Å². The van der Waals surface area contributed by atoms with Gasteiger partial charge in [-0.3, -0.25) is 19.3 Å². The Balaban J connectivity index is 1.60. The zero-order valence-electron chi connectivity index (χ0n) is 16.8. The molecule has 1 saturated heterocycles. The van der Waals surface area contributed by atoms with E-state index in [2.05, 4.69) is 0 Å². The molecule has 1 aromatic carbocycles. The molecule has 3 rings (SSSR count). The second-order valence-electron chi connectivity index (χ2n) is 7.95. The maximum Gasteiger partial charge on any atom is 0.308 e. The third-order valence-corrected chi connectivity index (χ3v) is 4.74. The monoisotopic (exact) mass is 389 g/mol. The van der Waals surface area contributed by atoms with E-state index in [0.717, 1.165) is 0 Å². The van der Waals surface area contributed by atoms with Crippen LogP contribution >= 0.6 is 0 Å². The second-order valence-corrected chi connectivity index (χ2v) is 7.95. The summed E-state index contributed by atoms with van der Waals surface area (Å²) < 4.78 is 17.0. The Kier molecular flexibility index (Phi) is 5.86. The maximum absolute atomic E-state index is 12.5. The molecular weight excluding hydrogens is 362 g/mol. The van der Waals surface area contributed by atoms with Crippen molar-refractivity contribution in [3.63, 3.8) is 0 Å². The minimum Gasteiger partial charge on any atom is -0.463 e. The number of hydrogen-bond acceptors (Lipinski definition) is 6. The van der Waals surface area contributed by atoms with Gasteiger partial charge >= 0.3 is 5.97 Å². The summed E-state index contributed by atoms with van der Waals surface area (Å²) in [6.07, 6.45) is 0.388. The molecule has 2 heterocycles. The fourth-order valence-corrected chi connectivity index (χ4v) is 3.73. The van der Waals surface area contributed by atoms with Gasteiger partial charge in [-0.2, -0.15) is 0 Å². The summed E-state index contributed by atoms with van der Waals surface area (Å²) in [6, 6.07) is 6.83. The van der Waals surface area contributed by atoms with Crippen molar-refractivity contribution in [2.45, 2.75) is 71.1 Å². The van der Waals surface area contributed by atoms with Crippen molar-refractivity contribution < 1.29 is 28.6 Å². The van der Waals surface area contributed by atoms with Crippen molar-refractivity contribution >= 4 is 17.8 Å². The number of carbonyl (C=O) groups excluding carboxylic acids is 3. The quantitative estimate of drug-likeness (QED) is 0.550. The van der Waals surface area contributed by atoms with Gasteiger partial charge in [0, 0.05) is 13.0 Å². The van der Waals surface area contributed by atoms with Crippen LogP contribution in [-0.4, -0.2) is 53.3 Å². The van der Waals surface area contributed by atoms with Crippen LogP contribution in [0.25, 0.3) is 0 Å². The zero-order valence-corrected chi connectivity index (χ0v) is 16.8. The molecule has 2 atom stereocenters. The minimum atomic E-state index is -0.853. The summed E-state index contributed by atoms with van der Waals surface area (Å²) in [5.41, 5.74) is 0.880. The molecule has 2 amide bonds. The lowest BCUT2D eigenvalue weighted by atomic mass is 10.0. The van der Waals surface area contributed by atoms with Gasteiger partial charge in [0.05, 0.1) is 35.9 Å². The Hall–Kier alpha value is -2.25. The predicted molar refractivity (Wildman–Crippen MR) is 101 cm³/mol. The number of rotatable bonds is 6. The van der Waals surface area contributed by atoms with E-state index >= 15 is 0 Å². The lowest BCUT2D eigenvalue weighted by molar-refractivity contribution is -0.300. The highest BCUT2D eigenvalue weighted by Crippen LogP contribution is 2.31. The lowest BCUT2D eigenvalue weighted by Crippen LogP contribution is -2.46. The highest BCUT2D eigenvalue weighted by atomic mass is 16.7. The Morgan fingerprint density at radius 2 is 1.71 bits per heavy atom. The first-order chi connectivity index (χ1) is 13.2. The third-order valence-electron chi connectivity index (χ3n) is 4.74. The molecule has 28 heavy (non-hydrogen) atoms. The van der Waals surface area contributed by atoms with Gasteiger partial charge < -0.3 is 14.2 Å². The van der Waals surface area contributed by atoms with E-state index in [1.54, 1.807) is 52.0 Å². The number of esters is 1. The molecule has 0 N–H and O–H groups in total. The molecule has 152 valence electrons. The number of hydrogen-bond donors (Lipinski definition) is 0. The first-order valence-corrected chi connectivity index (χ1v) is 9.66. The highest BCUT2D eigenvalue weighted by molar-refractivity contribution is 6.21. The molecule has 7 heteroatoms. The number of fused-ring (bicyclic) bond motifs is 1. The standard InChI is InChI=1S/C21H27NO6/c1-13(2)26-18(23)12-15-11-14(27-21(3,4)28-15)9-10-22-19(24)16-7-5-6-8-17(16)20(22)25/h5-8,13-15H,9-12H2,1-4H3/t14-,15?/m1/s1. The van der Waals surface area contributed by atoms with Gasteiger partial charge in [-0.15, -0.1) is 0 Å². The molecule has 2 aliphatic rings. The predicted octanol–water partition coefficient (Wildman–Crippen LogP) is 2.92. The van der Waals surface area contributed by atoms with E-state index in [0.29, 0.717) is 24.0 Å². The van der Waals surface area contributed by atoms with Crippen LogP contribution in [0.5, 0.6) is 0 Å². The van der Waals surface area contributed by atoms with Crippen LogP contribution in [0.4, 0.5) is 0 Å². The Bertz CT molecular complexity index is 737. The first-order valence-electron chi connectivity index (χ1n) is 9.66. The zero-order chi connectivity index (χ0) is 20.5. The van der Waals surface area contributed by atoms with Gasteiger partial charge in [0.2, 0.25) is 0 Å². The van der Waals surface area contributed by atoms with E-state index < -0.39 is 5.79 Å². The molecule has 1 aromatic rings.